The van der Waals surface area contributed by atoms with Crippen molar-refractivity contribution in [2.75, 3.05) is 40.4 Å². The minimum absolute atomic E-state index is 0.0416. The topological polar surface area (TPSA) is 103 Å². The molecule has 1 atom stereocenters. The smallest absolute Gasteiger partial charge is 0.323 e. The predicted molar refractivity (Wildman–Crippen MR) is 62.4 cm³/mol. The molecule has 0 fully saturated rings. The van der Waals surface area contributed by atoms with Crippen LogP contribution in [0.4, 0.5) is 0 Å². The van der Waals surface area contributed by atoms with Crippen LogP contribution >= 0.6 is 0 Å². The zero-order chi connectivity index (χ0) is 13.1. The maximum atomic E-state index is 11.4. The Morgan fingerprint density at radius 1 is 1.18 bits per heavy atom. The lowest BCUT2D eigenvalue weighted by molar-refractivity contribution is -0.149. The second kappa shape index (κ2) is 10.0. The average molecular weight is 247 g/mol. The van der Waals surface area contributed by atoms with E-state index >= 15 is 0 Å². The second-order valence-corrected chi connectivity index (χ2v) is 3.35. The molecule has 4 N–H and O–H groups in total. The van der Waals surface area contributed by atoms with Crippen molar-refractivity contribution in [3.63, 3.8) is 0 Å². The summed E-state index contributed by atoms with van der Waals surface area (Å²) in [5.74, 6) is -0.933. The molecule has 7 heteroatoms. The third kappa shape index (κ3) is 7.67. The van der Waals surface area contributed by atoms with Crippen LogP contribution in [-0.2, 0) is 19.1 Å². The molecule has 0 bridgehead atoms. The number of esters is 2. The van der Waals surface area contributed by atoms with Gasteiger partial charge in [0.25, 0.3) is 0 Å². The Kier molecular flexibility index (Phi) is 9.31. The van der Waals surface area contributed by atoms with Gasteiger partial charge in [-0.15, -0.1) is 0 Å². The zero-order valence-electron chi connectivity index (χ0n) is 10.3. The van der Waals surface area contributed by atoms with Crippen LogP contribution in [0.15, 0.2) is 0 Å². The quantitative estimate of drug-likeness (QED) is 0.327. The van der Waals surface area contributed by atoms with Gasteiger partial charge in [-0.3, -0.25) is 9.59 Å². The summed E-state index contributed by atoms with van der Waals surface area (Å²) in [7, 11) is 2.56. The molecule has 0 saturated carbocycles. The molecule has 0 saturated heterocycles. The lowest BCUT2D eigenvalue weighted by Gasteiger charge is -2.15. The van der Waals surface area contributed by atoms with Crippen molar-refractivity contribution < 1.29 is 19.1 Å². The second-order valence-electron chi connectivity index (χ2n) is 3.35. The van der Waals surface area contributed by atoms with Gasteiger partial charge in [-0.2, -0.15) is 0 Å². The Morgan fingerprint density at radius 3 is 2.41 bits per heavy atom. The highest BCUT2D eigenvalue weighted by atomic mass is 16.5. The van der Waals surface area contributed by atoms with Crippen LogP contribution in [0.2, 0.25) is 0 Å². The summed E-state index contributed by atoms with van der Waals surface area (Å²) in [6.07, 6.45) is -0.0416. The van der Waals surface area contributed by atoms with Gasteiger partial charge in [0.1, 0.15) is 6.04 Å². The normalized spacial score (nSPS) is 11.9. The van der Waals surface area contributed by atoms with E-state index in [1.807, 2.05) is 0 Å². The number of carbonyl (C=O) groups excluding carboxylic acids is 2. The molecule has 0 spiro atoms. The van der Waals surface area contributed by atoms with Gasteiger partial charge >= 0.3 is 11.9 Å². The van der Waals surface area contributed by atoms with Crippen molar-refractivity contribution in [3.05, 3.63) is 0 Å². The molecule has 0 radical (unpaired) electrons. The molecular weight excluding hydrogens is 226 g/mol. The Labute approximate surface area is 101 Å². The molecule has 0 aliphatic carbocycles. The van der Waals surface area contributed by atoms with Crippen LogP contribution < -0.4 is 16.4 Å². The first-order chi connectivity index (χ1) is 8.15. The maximum Gasteiger partial charge on any atom is 0.323 e. The molecular formula is C10H21N3O4. The number of hydrogen-bond donors (Lipinski definition) is 3. The molecule has 100 valence electrons. The fourth-order valence-corrected chi connectivity index (χ4v) is 1.19. The number of nitrogens with one attached hydrogen (secondary N) is 2. The fourth-order valence-electron chi connectivity index (χ4n) is 1.19. The fraction of sp³-hybridized carbons (Fsp3) is 0.800. The molecule has 0 aliphatic rings. The van der Waals surface area contributed by atoms with Gasteiger partial charge in [0.2, 0.25) is 0 Å². The number of hydrogen-bond acceptors (Lipinski definition) is 7. The van der Waals surface area contributed by atoms with Crippen molar-refractivity contribution in [3.8, 4) is 0 Å². The molecule has 0 aromatic heterocycles. The Balaban J connectivity index is 3.94. The van der Waals surface area contributed by atoms with E-state index in [9.17, 15) is 9.59 Å². The largest absolute Gasteiger partial charge is 0.469 e. The third-order valence-electron chi connectivity index (χ3n) is 2.10. The van der Waals surface area contributed by atoms with Crippen molar-refractivity contribution in [1.29, 1.82) is 0 Å². The standard InChI is InChI=1S/C10H21N3O4/c1-16-9(14)7-8(10(15)17-2)13-6-5-12-4-3-11/h8,12-13H,3-7,11H2,1-2H3/t8-/m0/s1. The van der Waals surface area contributed by atoms with Gasteiger partial charge in [-0.25, -0.2) is 0 Å². The van der Waals surface area contributed by atoms with Crippen LogP contribution in [0.5, 0.6) is 0 Å². The Morgan fingerprint density at radius 2 is 1.88 bits per heavy atom. The van der Waals surface area contributed by atoms with Crippen LogP contribution in [0, 0.1) is 0 Å². The molecule has 0 aromatic carbocycles. The summed E-state index contributed by atoms with van der Waals surface area (Å²) in [6.45, 7) is 2.47. The minimum Gasteiger partial charge on any atom is -0.469 e. The van der Waals surface area contributed by atoms with E-state index in [1.54, 1.807) is 0 Å². The van der Waals surface area contributed by atoms with E-state index in [2.05, 4.69) is 20.1 Å². The van der Waals surface area contributed by atoms with Gasteiger partial charge in [0.15, 0.2) is 0 Å². The van der Waals surface area contributed by atoms with E-state index < -0.39 is 18.0 Å². The monoisotopic (exact) mass is 247 g/mol. The number of rotatable bonds is 9. The van der Waals surface area contributed by atoms with Crippen molar-refractivity contribution in [1.82, 2.24) is 10.6 Å². The highest BCUT2D eigenvalue weighted by molar-refractivity contribution is 5.82. The molecule has 0 heterocycles. The Hall–Kier alpha value is -1.18. The predicted octanol–water partition coefficient (Wildman–Crippen LogP) is -1.77. The lowest BCUT2D eigenvalue weighted by atomic mass is 10.2. The number of ether oxygens (including phenoxy) is 2. The first kappa shape index (κ1) is 15.8. The van der Waals surface area contributed by atoms with Crippen LogP contribution in [0.1, 0.15) is 6.42 Å². The minimum atomic E-state index is -0.674. The van der Waals surface area contributed by atoms with Gasteiger partial charge in [-0.1, -0.05) is 0 Å². The zero-order valence-corrected chi connectivity index (χ0v) is 10.3. The van der Waals surface area contributed by atoms with Gasteiger partial charge in [-0.05, 0) is 0 Å². The van der Waals surface area contributed by atoms with Crippen molar-refractivity contribution >= 4 is 11.9 Å². The average Bonchev–Trinajstić information content (AvgIpc) is 2.35. The van der Waals surface area contributed by atoms with Gasteiger partial charge < -0.3 is 25.8 Å². The van der Waals surface area contributed by atoms with Crippen molar-refractivity contribution in [2.45, 2.75) is 12.5 Å². The molecule has 0 amide bonds. The number of methoxy groups -OCH3 is 2. The molecule has 0 aliphatic heterocycles. The summed E-state index contributed by atoms with van der Waals surface area (Å²) in [4.78, 5) is 22.4. The van der Waals surface area contributed by atoms with Crippen molar-refractivity contribution in [2.24, 2.45) is 5.73 Å². The highest BCUT2D eigenvalue weighted by Crippen LogP contribution is 1.96. The molecule has 17 heavy (non-hydrogen) atoms. The summed E-state index contributed by atoms with van der Waals surface area (Å²) >= 11 is 0. The summed E-state index contributed by atoms with van der Waals surface area (Å²) < 4.78 is 9.09. The summed E-state index contributed by atoms with van der Waals surface area (Å²) in [5, 5.41) is 5.97. The van der Waals surface area contributed by atoms with E-state index in [0.29, 0.717) is 26.2 Å². The SMILES string of the molecule is COC(=O)C[C@H](NCCNCCN)C(=O)OC. The summed E-state index contributed by atoms with van der Waals surface area (Å²) in [5.41, 5.74) is 5.31. The van der Waals surface area contributed by atoms with Gasteiger partial charge in [0, 0.05) is 26.2 Å². The molecule has 7 nitrogen and oxygen atoms in total. The number of carbonyl (C=O) groups is 2. The lowest BCUT2D eigenvalue weighted by Crippen LogP contribution is -2.43. The molecule has 0 unspecified atom stereocenters. The third-order valence-corrected chi connectivity index (χ3v) is 2.10. The van der Waals surface area contributed by atoms with Crippen LogP contribution in [0.3, 0.4) is 0 Å². The maximum absolute atomic E-state index is 11.4. The molecule has 0 aromatic rings. The van der Waals surface area contributed by atoms with E-state index in [1.165, 1.54) is 14.2 Å². The highest BCUT2D eigenvalue weighted by Gasteiger charge is 2.22. The first-order valence-electron chi connectivity index (χ1n) is 5.44. The number of nitrogens with two attached hydrogens (primary N) is 1. The van der Waals surface area contributed by atoms with E-state index in [-0.39, 0.29) is 6.42 Å². The Bertz CT molecular complexity index is 236. The molecule has 0 rings (SSSR count). The first-order valence-corrected chi connectivity index (χ1v) is 5.44. The van der Waals surface area contributed by atoms with Crippen LogP contribution in [-0.4, -0.2) is 58.4 Å². The van der Waals surface area contributed by atoms with E-state index in [0.717, 1.165) is 0 Å². The summed E-state index contributed by atoms with van der Waals surface area (Å²) in [6, 6.07) is -0.674. The van der Waals surface area contributed by atoms with Gasteiger partial charge in [0.05, 0.1) is 20.6 Å². The van der Waals surface area contributed by atoms with Crippen LogP contribution in [0.25, 0.3) is 0 Å². The van der Waals surface area contributed by atoms with E-state index in [4.69, 9.17) is 5.73 Å².